The van der Waals surface area contributed by atoms with Crippen molar-refractivity contribution < 1.29 is 9.53 Å². The third kappa shape index (κ3) is 4.02. The standard InChI is InChI=1S/C13H22N4O2/c1-9-3-10(2)5-12(4-9)19-13(18)8-17-7-11(6-14)15-16-17/h7,9-10,12H,3-6,8,14H2,1-2H3. The van der Waals surface area contributed by atoms with Crippen molar-refractivity contribution in [1.82, 2.24) is 15.0 Å². The van der Waals surface area contributed by atoms with Crippen molar-refractivity contribution in [2.45, 2.75) is 52.3 Å². The number of aromatic nitrogens is 3. The van der Waals surface area contributed by atoms with Crippen LogP contribution in [0.2, 0.25) is 0 Å². The molecule has 1 saturated carbocycles. The summed E-state index contributed by atoms with van der Waals surface area (Å²) < 4.78 is 6.99. The summed E-state index contributed by atoms with van der Waals surface area (Å²) in [6, 6.07) is 0. The number of hydrogen-bond donors (Lipinski definition) is 1. The van der Waals surface area contributed by atoms with Crippen LogP contribution in [-0.4, -0.2) is 27.1 Å². The third-order valence-corrected chi connectivity index (χ3v) is 3.52. The predicted molar refractivity (Wildman–Crippen MR) is 70.0 cm³/mol. The van der Waals surface area contributed by atoms with Crippen LogP contribution in [0.1, 0.15) is 38.8 Å². The van der Waals surface area contributed by atoms with Gasteiger partial charge in [-0.2, -0.15) is 0 Å². The van der Waals surface area contributed by atoms with E-state index in [2.05, 4.69) is 24.2 Å². The van der Waals surface area contributed by atoms with E-state index < -0.39 is 0 Å². The highest BCUT2D eigenvalue weighted by Crippen LogP contribution is 2.30. The largest absolute Gasteiger partial charge is 0.461 e. The molecule has 2 rings (SSSR count). The first-order chi connectivity index (χ1) is 9.06. The number of carbonyl (C=O) groups is 1. The van der Waals surface area contributed by atoms with E-state index in [0.29, 0.717) is 24.1 Å². The van der Waals surface area contributed by atoms with Crippen LogP contribution >= 0.6 is 0 Å². The number of rotatable bonds is 4. The van der Waals surface area contributed by atoms with Gasteiger partial charge in [0.25, 0.3) is 0 Å². The van der Waals surface area contributed by atoms with Crippen LogP contribution in [0.25, 0.3) is 0 Å². The summed E-state index contributed by atoms with van der Waals surface area (Å²) in [6.07, 6.45) is 4.86. The zero-order chi connectivity index (χ0) is 13.8. The first-order valence-electron chi connectivity index (χ1n) is 6.85. The Hall–Kier alpha value is -1.43. The average Bonchev–Trinajstić information content (AvgIpc) is 2.74. The van der Waals surface area contributed by atoms with Crippen LogP contribution in [0, 0.1) is 11.8 Å². The minimum atomic E-state index is -0.250. The van der Waals surface area contributed by atoms with Crippen molar-refractivity contribution in [2.75, 3.05) is 0 Å². The molecule has 0 radical (unpaired) electrons. The molecule has 0 aromatic carbocycles. The molecule has 1 aromatic rings. The molecule has 0 saturated heterocycles. The van der Waals surface area contributed by atoms with Crippen molar-refractivity contribution >= 4 is 5.97 Å². The van der Waals surface area contributed by atoms with Crippen molar-refractivity contribution in [2.24, 2.45) is 17.6 Å². The number of nitrogens with two attached hydrogens (primary N) is 1. The SMILES string of the molecule is CC1CC(C)CC(OC(=O)Cn2cc(CN)nn2)C1. The molecule has 0 amide bonds. The van der Waals surface area contributed by atoms with E-state index in [1.165, 1.54) is 11.1 Å². The van der Waals surface area contributed by atoms with Gasteiger partial charge in [-0.15, -0.1) is 5.10 Å². The zero-order valence-corrected chi connectivity index (χ0v) is 11.6. The lowest BCUT2D eigenvalue weighted by Crippen LogP contribution is -2.29. The van der Waals surface area contributed by atoms with E-state index in [0.717, 1.165) is 12.8 Å². The smallest absolute Gasteiger partial charge is 0.328 e. The van der Waals surface area contributed by atoms with Crippen LogP contribution in [0.3, 0.4) is 0 Å². The highest BCUT2D eigenvalue weighted by molar-refractivity contribution is 5.69. The van der Waals surface area contributed by atoms with Gasteiger partial charge in [0.2, 0.25) is 0 Å². The van der Waals surface area contributed by atoms with Crippen LogP contribution < -0.4 is 5.73 Å². The van der Waals surface area contributed by atoms with Gasteiger partial charge in [0.15, 0.2) is 0 Å². The molecule has 2 unspecified atom stereocenters. The summed E-state index contributed by atoms with van der Waals surface area (Å²) >= 11 is 0. The summed E-state index contributed by atoms with van der Waals surface area (Å²) in [7, 11) is 0. The number of esters is 1. The first kappa shape index (κ1) is 14.0. The first-order valence-corrected chi connectivity index (χ1v) is 6.85. The molecular formula is C13H22N4O2. The highest BCUT2D eigenvalue weighted by Gasteiger charge is 2.26. The minimum absolute atomic E-state index is 0.0451. The van der Waals surface area contributed by atoms with E-state index in [-0.39, 0.29) is 18.6 Å². The molecule has 6 heteroatoms. The molecule has 2 N–H and O–H groups in total. The number of nitrogens with zero attached hydrogens (tertiary/aromatic N) is 3. The number of ether oxygens (including phenoxy) is 1. The molecule has 1 aromatic heterocycles. The number of carbonyl (C=O) groups excluding carboxylic acids is 1. The van der Waals surface area contributed by atoms with Crippen LogP contribution in [0.15, 0.2) is 6.20 Å². The van der Waals surface area contributed by atoms with Gasteiger partial charge in [0.1, 0.15) is 12.6 Å². The Morgan fingerprint density at radius 1 is 1.42 bits per heavy atom. The van der Waals surface area contributed by atoms with Gasteiger partial charge in [0, 0.05) is 6.54 Å². The molecule has 0 aliphatic heterocycles. The fraction of sp³-hybridized carbons (Fsp3) is 0.769. The van der Waals surface area contributed by atoms with E-state index >= 15 is 0 Å². The Kier molecular flexibility index (Phi) is 4.52. The Labute approximate surface area is 113 Å². The maximum Gasteiger partial charge on any atom is 0.328 e. The predicted octanol–water partition coefficient (Wildman–Crippen LogP) is 1.10. The topological polar surface area (TPSA) is 83.0 Å². The summed E-state index contributed by atoms with van der Waals surface area (Å²) in [6.45, 7) is 4.85. The van der Waals surface area contributed by atoms with Gasteiger partial charge in [-0.25, -0.2) is 4.68 Å². The molecular weight excluding hydrogens is 244 g/mol. The molecule has 19 heavy (non-hydrogen) atoms. The molecule has 1 aliphatic carbocycles. The molecule has 0 bridgehead atoms. The van der Waals surface area contributed by atoms with E-state index in [9.17, 15) is 4.79 Å². The second-order valence-corrected chi connectivity index (χ2v) is 5.64. The monoisotopic (exact) mass is 266 g/mol. The minimum Gasteiger partial charge on any atom is -0.461 e. The van der Waals surface area contributed by atoms with E-state index in [1.54, 1.807) is 6.20 Å². The summed E-state index contributed by atoms with van der Waals surface area (Å²) in [5.74, 6) is 0.994. The molecule has 1 heterocycles. The Morgan fingerprint density at radius 3 is 2.68 bits per heavy atom. The molecule has 6 nitrogen and oxygen atoms in total. The molecule has 1 aliphatic rings. The average molecular weight is 266 g/mol. The van der Waals surface area contributed by atoms with Crippen LogP contribution in [0.5, 0.6) is 0 Å². The lowest BCUT2D eigenvalue weighted by molar-refractivity contribution is -0.153. The third-order valence-electron chi connectivity index (χ3n) is 3.52. The van der Waals surface area contributed by atoms with E-state index in [1.807, 2.05) is 0 Å². The molecule has 106 valence electrons. The second-order valence-electron chi connectivity index (χ2n) is 5.64. The second kappa shape index (κ2) is 6.14. The Balaban J connectivity index is 1.83. The zero-order valence-electron chi connectivity index (χ0n) is 11.6. The highest BCUT2D eigenvalue weighted by atomic mass is 16.5. The van der Waals surface area contributed by atoms with Gasteiger partial charge in [-0.1, -0.05) is 19.1 Å². The molecule has 0 spiro atoms. The number of hydrogen-bond acceptors (Lipinski definition) is 5. The lowest BCUT2D eigenvalue weighted by atomic mass is 9.82. The van der Waals surface area contributed by atoms with Crippen molar-refractivity contribution in [3.8, 4) is 0 Å². The van der Waals surface area contributed by atoms with Gasteiger partial charge < -0.3 is 10.5 Å². The van der Waals surface area contributed by atoms with Crippen molar-refractivity contribution in [1.29, 1.82) is 0 Å². The maximum atomic E-state index is 11.8. The molecule has 1 fully saturated rings. The molecule has 2 atom stereocenters. The Bertz CT molecular complexity index is 422. The van der Waals surface area contributed by atoms with Crippen molar-refractivity contribution in [3.63, 3.8) is 0 Å². The Morgan fingerprint density at radius 2 is 2.11 bits per heavy atom. The van der Waals surface area contributed by atoms with Crippen LogP contribution in [0.4, 0.5) is 0 Å². The van der Waals surface area contributed by atoms with Gasteiger partial charge in [-0.05, 0) is 31.1 Å². The van der Waals surface area contributed by atoms with Gasteiger partial charge >= 0.3 is 5.97 Å². The fourth-order valence-electron chi connectivity index (χ4n) is 2.83. The van der Waals surface area contributed by atoms with Gasteiger partial charge in [0.05, 0.1) is 11.9 Å². The summed E-state index contributed by atoms with van der Waals surface area (Å²) in [4.78, 5) is 11.8. The van der Waals surface area contributed by atoms with E-state index in [4.69, 9.17) is 10.5 Å². The van der Waals surface area contributed by atoms with Gasteiger partial charge in [-0.3, -0.25) is 4.79 Å². The summed E-state index contributed by atoms with van der Waals surface area (Å²) in [5, 5.41) is 7.67. The van der Waals surface area contributed by atoms with Crippen LogP contribution in [-0.2, 0) is 22.6 Å². The maximum absolute atomic E-state index is 11.8. The summed E-state index contributed by atoms with van der Waals surface area (Å²) in [5.41, 5.74) is 6.12. The van der Waals surface area contributed by atoms with Crippen molar-refractivity contribution in [3.05, 3.63) is 11.9 Å². The fourth-order valence-corrected chi connectivity index (χ4v) is 2.83. The normalized spacial score (nSPS) is 27.2. The lowest BCUT2D eigenvalue weighted by Gasteiger charge is -2.30. The quantitative estimate of drug-likeness (QED) is 0.825.